The van der Waals surface area contributed by atoms with Gasteiger partial charge in [0.15, 0.2) is 5.71 Å². The molecule has 2 rings (SSSR count). The molecule has 1 aromatic rings. The second-order valence-electron chi connectivity index (χ2n) is 3.30. The van der Waals surface area contributed by atoms with Gasteiger partial charge in [0.1, 0.15) is 17.7 Å². The molecule has 5 nitrogen and oxygen atoms in total. The lowest BCUT2D eigenvalue weighted by Gasteiger charge is -1.97. The van der Waals surface area contributed by atoms with E-state index in [1.165, 1.54) is 0 Å². The van der Waals surface area contributed by atoms with E-state index in [4.69, 9.17) is 15.7 Å². The Bertz CT molecular complexity index is 641. The van der Waals surface area contributed by atoms with E-state index in [-0.39, 0.29) is 16.9 Å². The Hall–Kier alpha value is -2.92. The van der Waals surface area contributed by atoms with E-state index < -0.39 is 5.78 Å². The number of nitriles is 2. The largest absolute Gasteiger partial charge is 0.410 e. The Morgan fingerprint density at radius 3 is 2.29 bits per heavy atom. The van der Waals surface area contributed by atoms with Crippen molar-refractivity contribution in [3.05, 3.63) is 41.0 Å². The maximum absolute atomic E-state index is 11.8. The average Bonchev–Trinajstić information content (AvgIpc) is 2.65. The molecule has 0 radical (unpaired) electrons. The van der Waals surface area contributed by atoms with Crippen molar-refractivity contribution in [2.45, 2.75) is 0 Å². The molecular formula is C12H5N3O2. The van der Waals surface area contributed by atoms with Gasteiger partial charge < -0.3 is 5.21 Å². The molecule has 0 aromatic heterocycles. The van der Waals surface area contributed by atoms with Crippen LogP contribution in [0.25, 0.3) is 5.57 Å². The van der Waals surface area contributed by atoms with Crippen molar-refractivity contribution in [2.75, 3.05) is 0 Å². The zero-order chi connectivity index (χ0) is 12.4. The number of nitrogens with zero attached hydrogens (tertiary/aromatic N) is 3. The van der Waals surface area contributed by atoms with Gasteiger partial charge in [-0.15, -0.1) is 0 Å². The normalized spacial score (nSPS) is 15.3. The number of fused-ring (bicyclic) bond motifs is 1. The van der Waals surface area contributed by atoms with Crippen molar-refractivity contribution >= 4 is 17.1 Å². The maximum Gasteiger partial charge on any atom is 0.216 e. The molecule has 0 fully saturated rings. The van der Waals surface area contributed by atoms with Gasteiger partial charge in [-0.1, -0.05) is 29.4 Å². The standard InChI is InChI=1S/C12H5N3O2/c13-5-7(6-14)10-8-3-1-2-4-9(8)12(16)11(10)15-17/h1-4,17H. The van der Waals surface area contributed by atoms with E-state index in [0.717, 1.165) is 0 Å². The zero-order valence-corrected chi connectivity index (χ0v) is 8.51. The zero-order valence-electron chi connectivity index (χ0n) is 8.51. The van der Waals surface area contributed by atoms with Gasteiger partial charge in [-0.2, -0.15) is 10.5 Å². The predicted octanol–water partition coefficient (Wildman–Crippen LogP) is 1.51. The van der Waals surface area contributed by atoms with E-state index in [2.05, 4.69) is 5.16 Å². The molecule has 0 heterocycles. The number of allylic oxidation sites excluding steroid dienone is 2. The van der Waals surface area contributed by atoms with E-state index in [1.807, 2.05) is 0 Å². The Labute approximate surface area is 96.5 Å². The first-order chi connectivity index (χ1) is 8.24. The molecule has 1 N–H and O–H groups in total. The summed E-state index contributed by atoms with van der Waals surface area (Å²) in [5, 5.41) is 29.4. The minimum atomic E-state index is -0.485. The van der Waals surface area contributed by atoms with Gasteiger partial charge in [0.05, 0.1) is 0 Å². The number of carbonyl (C=O) groups excluding carboxylic acids is 1. The van der Waals surface area contributed by atoms with Crippen molar-refractivity contribution in [1.29, 1.82) is 10.5 Å². The molecule has 80 valence electrons. The molecule has 0 saturated carbocycles. The Morgan fingerprint density at radius 1 is 1.18 bits per heavy atom. The van der Waals surface area contributed by atoms with Crippen LogP contribution in [-0.4, -0.2) is 16.7 Å². The average molecular weight is 223 g/mol. The molecule has 0 saturated heterocycles. The highest BCUT2D eigenvalue weighted by Gasteiger charge is 2.34. The Kier molecular flexibility index (Phi) is 2.44. The van der Waals surface area contributed by atoms with Crippen LogP contribution in [0, 0.1) is 22.7 Å². The second kappa shape index (κ2) is 3.92. The van der Waals surface area contributed by atoms with Gasteiger partial charge in [0, 0.05) is 11.1 Å². The summed E-state index contributed by atoms with van der Waals surface area (Å²) in [6.45, 7) is 0. The van der Waals surface area contributed by atoms with Crippen LogP contribution in [-0.2, 0) is 0 Å². The predicted molar refractivity (Wildman–Crippen MR) is 58.1 cm³/mol. The summed E-state index contributed by atoms with van der Waals surface area (Å²) in [6, 6.07) is 9.89. The van der Waals surface area contributed by atoms with Crippen molar-refractivity contribution in [3.8, 4) is 12.1 Å². The first kappa shape index (κ1) is 10.6. The number of carbonyl (C=O) groups is 1. The lowest BCUT2D eigenvalue weighted by molar-refractivity contribution is 0.106. The van der Waals surface area contributed by atoms with Crippen molar-refractivity contribution in [1.82, 2.24) is 0 Å². The van der Waals surface area contributed by atoms with Crippen molar-refractivity contribution < 1.29 is 10.0 Å². The highest BCUT2D eigenvalue weighted by atomic mass is 16.4. The quantitative estimate of drug-likeness (QED) is 0.409. The highest BCUT2D eigenvalue weighted by molar-refractivity contribution is 6.65. The van der Waals surface area contributed by atoms with Gasteiger partial charge in [0.25, 0.3) is 0 Å². The molecule has 0 atom stereocenters. The van der Waals surface area contributed by atoms with E-state index in [1.54, 1.807) is 36.4 Å². The van der Waals surface area contributed by atoms with Crippen LogP contribution in [0.4, 0.5) is 0 Å². The fourth-order valence-electron chi connectivity index (χ4n) is 1.75. The molecule has 0 unspecified atom stereocenters. The van der Waals surface area contributed by atoms with Crippen LogP contribution in [0.2, 0.25) is 0 Å². The number of oxime groups is 1. The van der Waals surface area contributed by atoms with Gasteiger partial charge in [-0.05, 0) is 5.56 Å². The van der Waals surface area contributed by atoms with E-state index in [0.29, 0.717) is 11.1 Å². The number of ketones is 1. The smallest absolute Gasteiger partial charge is 0.216 e. The molecule has 0 aliphatic heterocycles. The fraction of sp³-hybridized carbons (Fsp3) is 0. The number of Topliss-reactive ketones (excluding diaryl/α,β-unsaturated/α-hetero) is 1. The molecule has 1 aromatic carbocycles. The van der Waals surface area contributed by atoms with E-state index in [9.17, 15) is 4.79 Å². The minimum Gasteiger partial charge on any atom is -0.410 e. The van der Waals surface area contributed by atoms with Gasteiger partial charge >= 0.3 is 0 Å². The fourth-order valence-corrected chi connectivity index (χ4v) is 1.75. The Morgan fingerprint density at radius 2 is 1.76 bits per heavy atom. The lowest BCUT2D eigenvalue weighted by atomic mass is 10.0. The van der Waals surface area contributed by atoms with Gasteiger partial charge in [0.2, 0.25) is 5.78 Å². The molecule has 0 spiro atoms. The topological polar surface area (TPSA) is 97.2 Å². The number of rotatable bonds is 0. The number of benzene rings is 1. The third-order valence-corrected chi connectivity index (χ3v) is 2.47. The van der Waals surface area contributed by atoms with Crippen LogP contribution in [0.1, 0.15) is 15.9 Å². The maximum atomic E-state index is 11.8. The summed E-state index contributed by atoms with van der Waals surface area (Å²) in [4.78, 5) is 11.8. The van der Waals surface area contributed by atoms with Crippen molar-refractivity contribution in [2.24, 2.45) is 5.16 Å². The summed E-state index contributed by atoms with van der Waals surface area (Å²) in [7, 11) is 0. The van der Waals surface area contributed by atoms with Gasteiger partial charge in [-0.3, -0.25) is 4.79 Å². The molecule has 5 heteroatoms. The summed E-state index contributed by atoms with van der Waals surface area (Å²) in [5.74, 6) is -0.485. The van der Waals surface area contributed by atoms with Crippen molar-refractivity contribution in [3.63, 3.8) is 0 Å². The highest BCUT2D eigenvalue weighted by Crippen LogP contribution is 2.32. The van der Waals surface area contributed by atoms with Crippen LogP contribution in [0.3, 0.4) is 0 Å². The Balaban J connectivity index is 2.87. The third-order valence-electron chi connectivity index (χ3n) is 2.47. The molecule has 1 aliphatic carbocycles. The summed E-state index contributed by atoms with van der Waals surface area (Å²) >= 11 is 0. The monoisotopic (exact) mass is 223 g/mol. The van der Waals surface area contributed by atoms with Crippen LogP contribution in [0.5, 0.6) is 0 Å². The summed E-state index contributed by atoms with van der Waals surface area (Å²) in [6.07, 6.45) is 0. The second-order valence-corrected chi connectivity index (χ2v) is 3.30. The minimum absolute atomic E-state index is 0.0955. The first-order valence-corrected chi connectivity index (χ1v) is 4.65. The number of hydrogen-bond acceptors (Lipinski definition) is 5. The molecule has 0 bridgehead atoms. The van der Waals surface area contributed by atoms with Gasteiger partial charge in [-0.25, -0.2) is 0 Å². The molecule has 0 amide bonds. The first-order valence-electron chi connectivity index (χ1n) is 4.65. The molecule has 1 aliphatic rings. The van der Waals surface area contributed by atoms with Crippen LogP contribution in [0.15, 0.2) is 35.0 Å². The summed E-state index contributed by atoms with van der Waals surface area (Å²) < 4.78 is 0. The molecular weight excluding hydrogens is 218 g/mol. The van der Waals surface area contributed by atoms with E-state index >= 15 is 0 Å². The molecule has 17 heavy (non-hydrogen) atoms. The SMILES string of the molecule is N#CC(C#N)=C1C(=NO)C(=O)c2ccccc21. The lowest BCUT2D eigenvalue weighted by Crippen LogP contribution is -2.07. The summed E-state index contributed by atoms with van der Waals surface area (Å²) in [5.41, 5.74) is 0.375. The number of hydrogen-bond donors (Lipinski definition) is 1. The van der Waals surface area contributed by atoms with Crippen LogP contribution < -0.4 is 0 Å². The van der Waals surface area contributed by atoms with Crippen LogP contribution >= 0.6 is 0 Å². The third kappa shape index (κ3) is 1.38.